The highest BCUT2D eigenvalue weighted by molar-refractivity contribution is 5.27. The standard InChI is InChI=1S/C17H27N3O/c1-15(2)20(3)12-5-4-11-19-14-16-6-8-17(9-7-16)21-13-10-18/h6-9,15,19H,4-5,11-14H2,1-3H3. The van der Waals surface area contributed by atoms with Crippen LogP contribution in [0.25, 0.3) is 0 Å². The molecule has 0 spiro atoms. The van der Waals surface area contributed by atoms with Gasteiger partial charge in [0.15, 0.2) is 6.61 Å². The first-order chi connectivity index (χ1) is 10.1. The summed E-state index contributed by atoms with van der Waals surface area (Å²) in [6.07, 6.45) is 2.42. The summed E-state index contributed by atoms with van der Waals surface area (Å²) in [5.41, 5.74) is 1.23. The fourth-order valence-electron chi connectivity index (χ4n) is 1.92. The van der Waals surface area contributed by atoms with Gasteiger partial charge in [-0.1, -0.05) is 12.1 Å². The third kappa shape index (κ3) is 7.69. The van der Waals surface area contributed by atoms with E-state index < -0.39 is 0 Å². The topological polar surface area (TPSA) is 48.3 Å². The lowest BCUT2D eigenvalue weighted by atomic mass is 10.2. The van der Waals surface area contributed by atoms with Crippen LogP contribution >= 0.6 is 0 Å². The third-order valence-electron chi connectivity index (χ3n) is 3.55. The van der Waals surface area contributed by atoms with Crippen LogP contribution < -0.4 is 10.1 Å². The van der Waals surface area contributed by atoms with E-state index in [1.807, 2.05) is 30.3 Å². The van der Waals surface area contributed by atoms with Gasteiger partial charge >= 0.3 is 0 Å². The maximum atomic E-state index is 8.45. The molecule has 0 aliphatic heterocycles. The third-order valence-corrected chi connectivity index (χ3v) is 3.55. The molecule has 1 N–H and O–H groups in total. The first kappa shape index (κ1) is 17.5. The zero-order chi connectivity index (χ0) is 15.5. The minimum absolute atomic E-state index is 0.0996. The molecule has 0 unspecified atom stereocenters. The fourth-order valence-corrected chi connectivity index (χ4v) is 1.92. The zero-order valence-corrected chi connectivity index (χ0v) is 13.4. The van der Waals surface area contributed by atoms with E-state index in [4.69, 9.17) is 10.00 Å². The molecule has 1 aromatic carbocycles. The number of nitriles is 1. The van der Waals surface area contributed by atoms with Gasteiger partial charge in [-0.05, 0) is 64.5 Å². The Hall–Kier alpha value is -1.57. The number of nitrogens with zero attached hydrogens (tertiary/aromatic N) is 2. The number of rotatable bonds is 10. The van der Waals surface area contributed by atoms with Crippen LogP contribution in [0, 0.1) is 11.3 Å². The highest BCUT2D eigenvalue weighted by Gasteiger charge is 2.01. The summed E-state index contributed by atoms with van der Waals surface area (Å²) in [6, 6.07) is 10.5. The summed E-state index contributed by atoms with van der Waals surface area (Å²) in [5, 5.41) is 11.9. The van der Waals surface area contributed by atoms with Crippen LogP contribution in [0.2, 0.25) is 0 Å². The number of unbranched alkanes of at least 4 members (excludes halogenated alkanes) is 1. The molecule has 0 saturated heterocycles. The van der Waals surface area contributed by atoms with Crippen LogP contribution in [-0.4, -0.2) is 37.7 Å². The van der Waals surface area contributed by atoms with E-state index in [1.54, 1.807) is 0 Å². The Balaban J connectivity index is 2.11. The van der Waals surface area contributed by atoms with Gasteiger partial charge in [0.2, 0.25) is 0 Å². The summed E-state index contributed by atoms with van der Waals surface area (Å²) in [6.45, 7) is 7.62. The molecule has 1 aromatic rings. The quantitative estimate of drug-likeness (QED) is 0.673. The number of nitrogens with one attached hydrogen (secondary N) is 1. The van der Waals surface area contributed by atoms with E-state index in [9.17, 15) is 0 Å². The average Bonchev–Trinajstić information content (AvgIpc) is 2.49. The van der Waals surface area contributed by atoms with Crippen LogP contribution in [0.5, 0.6) is 5.75 Å². The molecule has 0 fully saturated rings. The molecular weight excluding hydrogens is 262 g/mol. The normalized spacial score (nSPS) is 10.9. The van der Waals surface area contributed by atoms with Crippen molar-refractivity contribution in [1.29, 1.82) is 5.26 Å². The second kappa shape index (κ2) is 10.2. The second-order valence-corrected chi connectivity index (χ2v) is 5.55. The van der Waals surface area contributed by atoms with Gasteiger partial charge in [0.25, 0.3) is 0 Å². The molecule has 0 aliphatic rings. The van der Waals surface area contributed by atoms with Gasteiger partial charge in [-0.15, -0.1) is 0 Å². The van der Waals surface area contributed by atoms with Crippen LogP contribution in [0.3, 0.4) is 0 Å². The lowest BCUT2D eigenvalue weighted by molar-refractivity contribution is 0.268. The Kier molecular flexibility index (Phi) is 8.49. The maximum absolute atomic E-state index is 8.45. The molecule has 4 heteroatoms. The fraction of sp³-hybridized carbons (Fsp3) is 0.588. The van der Waals surface area contributed by atoms with Gasteiger partial charge in [0.05, 0.1) is 0 Å². The highest BCUT2D eigenvalue weighted by atomic mass is 16.5. The van der Waals surface area contributed by atoms with Crippen molar-refractivity contribution in [2.24, 2.45) is 0 Å². The Bertz CT molecular complexity index is 423. The van der Waals surface area contributed by atoms with E-state index in [2.05, 4.69) is 31.1 Å². The molecule has 0 aromatic heterocycles. The summed E-state index contributed by atoms with van der Waals surface area (Å²) < 4.78 is 5.22. The van der Waals surface area contributed by atoms with Gasteiger partial charge in [0, 0.05) is 12.6 Å². The minimum Gasteiger partial charge on any atom is -0.479 e. The van der Waals surface area contributed by atoms with Crippen molar-refractivity contribution in [2.75, 3.05) is 26.7 Å². The predicted molar refractivity (Wildman–Crippen MR) is 86.3 cm³/mol. The Labute approximate surface area is 128 Å². The van der Waals surface area contributed by atoms with E-state index in [0.29, 0.717) is 6.04 Å². The molecule has 0 atom stereocenters. The molecule has 4 nitrogen and oxygen atoms in total. The molecule has 0 amide bonds. The van der Waals surface area contributed by atoms with Gasteiger partial charge in [-0.2, -0.15) is 5.26 Å². The van der Waals surface area contributed by atoms with E-state index in [0.717, 1.165) is 25.4 Å². The van der Waals surface area contributed by atoms with Crippen molar-refractivity contribution in [3.05, 3.63) is 29.8 Å². The van der Waals surface area contributed by atoms with Crippen molar-refractivity contribution >= 4 is 0 Å². The van der Waals surface area contributed by atoms with Crippen LogP contribution in [0.4, 0.5) is 0 Å². The molecule has 0 radical (unpaired) electrons. The molecule has 0 heterocycles. The first-order valence-electron chi connectivity index (χ1n) is 7.63. The van der Waals surface area contributed by atoms with E-state index >= 15 is 0 Å². The SMILES string of the molecule is CC(C)N(C)CCCCNCc1ccc(OCC#N)cc1. The highest BCUT2D eigenvalue weighted by Crippen LogP contribution is 2.11. The maximum Gasteiger partial charge on any atom is 0.174 e. The van der Waals surface area contributed by atoms with Crippen molar-refractivity contribution in [3.63, 3.8) is 0 Å². The van der Waals surface area contributed by atoms with Crippen molar-refractivity contribution in [3.8, 4) is 11.8 Å². The molecule has 21 heavy (non-hydrogen) atoms. The smallest absolute Gasteiger partial charge is 0.174 e. The Morgan fingerprint density at radius 3 is 2.57 bits per heavy atom. The number of ether oxygens (including phenoxy) is 1. The second-order valence-electron chi connectivity index (χ2n) is 5.55. The Morgan fingerprint density at radius 1 is 1.24 bits per heavy atom. The average molecular weight is 289 g/mol. The van der Waals surface area contributed by atoms with Gasteiger partial charge in [0.1, 0.15) is 11.8 Å². The zero-order valence-electron chi connectivity index (χ0n) is 13.4. The molecule has 0 saturated carbocycles. The van der Waals surface area contributed by atoms with Gasteiger partial charge < -0.3 is 15.0 Å². The lowest BCUT2D eigenvalue weighted by Crippen LogP contribution is -2.27. The molecule has 1 rings (SSSR count). The number of benzene rings is 1. The molecule has 0 bridgehead atoms. The number of hydrogen-bond donors (Lipinski definition) is 1. The van der Waals surface area contributed by atoms with E-state index in [1.165, 1.54) is 18.4 Å². The van der Waals surface area contributed by atoms with Crippen LogP contribution in [-0.2, 0) is 6.54 Å². The monoisotopic (exact) mass is 289 g/mol. The van der Waals surface area contributed by atoms with Crippen LogP contribution in [0.15, 0.2) is 24.3 Å². The van der Waals surface area contributed by atoms with Crippen molar-refractivity contribution in [2.45, 2.75) is 39.3 Å². The summed E-state index contributed by atoms with van der Waals surface area (Å²) in [4.78, 5) is 2.37. The molecular formula is C17H27N3O. The first-order valence-corrected chi connectivity index (χ1v) is 7.63. The summed E-state index contributed by atoms with van der Waals surface area (Å²) >= 11 is 0. The van der Waals surface area contributed by atoms with Crippen molar-refractivity contribution < 1.29 is 4.74 Å². The van der Waals surface area contributed by atoms with Crippen molar-refractivity contribution in [1.82, 2.24) is 10.2 Å². The summed E-state index contributed by atoms with van der Waals surface area (Å²) in [5.74, 6) is 0.747. The number of hydrogen-bond acceptors (Lipinski definition) is 4. The van der Waals surface area contributed by atoms with Gasteiger partial charge in [-0.3, -0.25) is 0 Å². The minimum atomic E-state index is 0.0996. The molecule has 0 aliphatic carbocycles. The van der Waals surface area contributed by atoms with Crippen LogP contribution in [0.1, 0.15) is 32.3 Å². The molecule has 116 valence electrons. The van der Waals surface area contributed by atoms with E-state index in [-0.39, 0.29) is 6.61 Å². The van der Waals surface area contributed by atoms with Gasteiger partial charge in [-0.25, -0.2) is 0 Å². The largest absolute Gasteiger partial charge is 0.479 e. The lowest BCUT2D eigenvalue weighted by Gasteiger charge is -2.20. The Morgan fingerprint density at radius 2 is 1.95 bits per heavy atom. The predicted octanol–water partition coefficient (Wildman–Crippen LogP) is 2.80. The summed E-state index contributed by atoms with van der Waals surface area (Å²) in [7, 11) is 2.17.